The minimum absolute atomic E-state index is 0.169. The van der Waals surface area contributed by atoms with E-state index in [-0.39, 0.29) is 5.97 Å². The molecule has 1 aromatic carbocycles. The molecule has 20 heavy (non-hydrogen) atoms. The van der Waals surface area contributed by atoms with Gasteiger partial charge in [0.25, 0.3) is 0 Å². The highest BCUT2D eigenvalue weighted by Crippen LogP contribution is 2.31. The molecular formula is C15H23NO4. The van der Waals surface area contributed by atoms with Gasteiger partial charge in [-0.15, -0.1) is 0 Å². The maximum absolute atomic E-state index is 11.3. The average molecular weight is 281 g/mol. The molecule has 0 spiro atoms. The van der Waals surface area contributed by atoms with Gasteiger partial charge in [-0.25, -0.2) is 0 Å². The number of methoxy groups -OCH3 is 2. The van der Waals surface area contributed by atoms with Crippen molar-refractivity contribution in [2.75, 3.05) is 34.4 Å². The molecule has 5 nitrogen and oxygen atoms in total. The fourth-order valence-corrected chi connectivity index (χ4v) is 1.96. The molecule has 0 aliphatic rings. The third-order valence-electron chi connectivity index (χ3n) is 2.93. The van der Waals surface area contributed by atoms with Gasteiger partial charge in [0.15, 0.2) is 11.5 Å². The molecule has 1 rings (SSSR count). The van der Waals surface area contributed by atoms with Gasteiger partial charge >= 0.3 is 5.97 Å². The van der Waals surface area contributed by atoms with Crippen molar-refractivity contribution in [2.45, 2.75) is 19.9 Å². The Morgan fingerprint density at radius 3 is 2.60 bits per heavy atom. The van der Waals surface area contributed by atoms with E-state index in [1.807, 2.05) is 37.1 Å². The Morgan fingerprint density at radius 1 is 1.25 bits per heavy atom. The summed E-state index contributed by atoms with van der Waals surface area (Å²) in [6.07, 6.45) is 0.386. The molecule has 0 bridgehead atoms. The summed E-state index contributed by atoms with van der Waals surface area (Å²) in [6, 6.07) is 5.78. The number of benzene rings is 1. The number of carbonyl (C=O) groups excluding carboxylic acids is 1. The van der Waals surface area contributed by atoms with Gasteiger partial charge in [0.2, 0.25) is 0 Å². The second-order valence-corrected chi connectivity index (χ2v) is 4.45. The van der Waals surface area contributed by atoms with E-state index in [9.17, 15) is 4.79 Å². The number of esters is 1. The second-order valence-electron chi connectivity index (χ2n) is 4.45. The number of nitrogens with zero attached hydrogens (tertiary/aromatic N) is 1. The maximum atomic E-state index is 11.3. The van der Waals surface area contributed by atoms with Crippen molar-refractivity contribution in [1.82, 2.24) is 4.90 Å². The summed E-state index contributed by atoms with van der Waals surface area (Å²) in [4.78, 5) is 13.4. The van der Waals surface area contributed by atoms with E-state index in [1.165, 1.54) is 0 Å². The van der Waals surface area contributed by atoms with Crippen LogP contribution in [0, 0.1) is 0 Å². The minimum Gasteiger partial charge on any atom is -0.493 e. The van der Waals surface area contributed by atoms with Crippen LogP contribution in [0.15, 0.2) is 18.2 Å². The Bertz CT molecular complexity index is 434. The number of ether oxygens (including phenoxy) is 3. The molecule has 0 N–H and O–H groups in total. The third kappa shape index (κ3) is 4.74. The van der Waals surface area contributed by atoms with Gasteiger partial charge in [0.1, 0.15) is 0 Å². The van der Waals surface area contributed by atoms with Crippen LogP contribution in [0.1, 0.15) is 18.9 Å². The lowest BCUT2D eigenvalue weighted by molar-refractivity contribution is -0.143. The molecule has 0 saturated heterocycles. The van der Waals surface area contributed by atoms with E-state index in [2.05, 4.69) is 0 Å². The number of hydrogen-bond acceptors (Lipinski definition) is 5. The van der Waals surface area contributed by atoms with Crippen LogP contribution in [0.4, 0.5) is 0 Å². The van der Waals surface area contributed by atoms with Crippen LogP contribution in [-0.2, 0) is 16.1 Å². The van der Waals surface area contributed by atoms with Crippen LogP contribution < -0.4 is 9.47 Å². The van der Waals surface area contributed by atoms with Crippen LogP contribution in [0.25, 0.3) is 0 Å². The van der Waals surface area contributed by atoms with Crippen molar-refractivity contribution < 1.29 is 19.0 Å². The summed E-state index contributed by atoms with van der Waals surface area (Å²) in [7, 11) is 5.20. The number of rotatable bonds is 8. The highest BCUT2D eigenvalue weighted by molar-refractivity contribution is 5.69. The first-order valence-corrected chi connectivity index (χ1v) is 6.66. The van der Waals surface area contributed by atoms with Crippen LogP contribution in [-0.4, -0.2) is 45.3 Å². The first-order valence-electron chi connectivity index (χ1n) is 6.66. The third-order valence-corrected chi connectivity index (χ3v) is 2.93. The molecule has 1 aromatic rings. The summed E-state index contributed by atoms with van der Waals surface area (Å²) >= 11 is 0. The lowest BCUT2D eigenvalue weighted by Crippen LogP contribution is -2.22. The largest absolute Gasteiger partial charge is 0.493 e. The number of carbonyl (C=O) groups is 1. The van der Waals surface area contributed by atoms with Gasteiger partial charge in [0, 0.05) is 18.7 Å². The number of hydrogen-bond donors (Lipinski definition) is 0. The lowest BCUT2D eigenvalue weighted by atomic mass is 10.1. The van der Waals surface area contributed by atoms with E-state index in [0.29, 0.717) is 31.9 Å². The molecule has 0 amide bonds. The molecule has 5 heteroatoms. The zero-order valence-electron chi connectivity index (χ0n) is 12.6. The molecule has 112 valence electrons. The summed E-state index contributed by atoms with van der Waals surface area (Å²) < 4.78 is 15.6. The summed E-state index contributed by atoms with van der Waals surface area (Å²) in [5.41, 5.74) is 1.03. The molecule has 0 heterocycles. The smallest absolute Gasteiger partial charge is 0.307 e. The SMILES string of the molecule is CCOC(=O)CCN(C)Cc1cccc(OC)c1OC. The predicted molar refractivity (Wildman–Crippen MR) is 77.1 cm³/mol. The molecule has 0 atom stereocenters. The topological polar surface area (TPSA) is 48.0 Å². The molecule has 0 saturated carbocycles. The van der Waals surface area contributed by atoms with Crippen molar-refractivity contribution in [1.29, 1.82) is 0 Å². The first-order chi connectivity index (χ1) is 9.62. The van der Waals surface area contributed by atoms with Crippen LogP contribution in [0.5, 0.6) is 11.5 Å². The Hall–Kier alpha value is -1.75. The second kappa shape index (κ2) is 8.43. The van der Waals surface area contributed by atoms with E-state index in [1.54, 1.807) is 14.2 Å². The minimum atomic E-state index is -0.169. The van der Waals surface area contributed by atoms with E-state index in [4.69, 9.17) is 14.2 Å². The van der Waals surface area contributed by atoms with Crippen LogP contribution >= 0.6 is 0 Å². The Kier molecular flexibility index (Phi) is 6.87. The predicted octanol–water partition coefficient (Wildman–Crippen LogP) is 2.09. The monoisotopic (exact) mass is 281 g/mol. The highest BCUT2D eigenvalue weighted by Gasteiger charge is 2.12. The summed E-state index contributed by atoms with van der Waals surface area (Å²) in [6.45, 7) is 3.55. The van der Waals surface area contributed by atoms with Gasteiger partial charge in [-0.1, -0.05) is 12.1 Å². The van der Waals surface area contributed by atoms with Gasteiger partial charge in [-0.3, -0.25) is 4.79 Å². The molecule has 0 aromatic heterocycles. The quantitative estimate of drug-likeness (QED) is 0.683. The van der Waals surface area contributed by atoms with Gasteiger partial charge in [-0.05, 0) is 20.0 Å². The Morgan fingerprint density at radius 2 is 2.00 bits per heavy atom. The average Bonchev–Trinajstić information content (AvgIpc) is 2.45. The van der Waals surface area contributed by atoms with Gasteiger partial charge < -0.3 is 19.1 Å². The molecule has 0 radical (unpaired) electrons. The van der Waals surface area contributed by atoms with E-state index >= 15 is 0 Å². The molecule has 0 fully saturated rings. The lowest BCUT2D eigenvalue weighted by Gasteiger charge is -2.19. The maximum Gasteiger partial charge on any atom is 0.307 e. The van der Waals surface area contributed by atoms with E-state index in [0.717, 1.165) is 11.3 Å². The van der Waals surface area contributed by atoms with E-state index < -0.39 is 0 Å². The summed E-state index contributed by atoms with van der Waals surface area (Å²) in [5, 5.41) is 0. The Labute approximate surface area is 120 Å². The van der Waals surface area contributed by atoms with Crippen molar-refractivity contribution in [2.24, 2.45) is 0 Å². The number of para-hydroxylation sites is 1. The van der Waals surface area contributed by atoms with Gasteiger partial charge in [-0.2, -0.15) is 0 Å². The van der Waals surface area contributed by atoms with Gasteiger partial charge in [0.05, 0.1) is 27.2 Å². The molecule has 0 aliphatic heterocycles. The molecular weight excluding hydrogens is 258 g/mol. The summed E-state index contributed by atoms with van der Waals surface area (Å²) in [5.74, 6) is 1.28. The van der Waals surface area contributed by atoms with Crippen molar-refractivity contribution in [3.8, 4) is 11.5 Å². The molecule has 0 unspecified atom stereocenters. The zero-order chi connectivity index (χ0) is 15.0. The normalized spacial score (nSPS) is 10.4. The molecule has 0 aliphatic carbocycles. The van der Waals surface area contributed by atoms with Crippen LogP contribution in [0.2, 0.25) is 0 Å². The van der Waals surface area contributed by atoms with Crippen molar-refractivity contribution in [3.63, 3.8) is 0 Å². The fraction of sp³-hybridized carbons (Fsp3) is 0.533. The highest BCUT2D eigenvalue weighted by atomic mass is 16.5. The first kappa shape index (κ1) is 16.3. The zero-order valence-corrected chi connectivity index (χ0v) is 12.6. The Balaban J connectivity index is 2.61. The van der Waals surface area contributed by atoms with Crippen molar-refractivity contribution >= 4 is 5.97 Å². The standard InChI is InChI=1S/C15H23NO4/c1-5-20-14(17)9-10-16(2)11-12-7-6-8-13(18-3)15(12)19-4/h6-8H,5,9-11H2,1-4H3. The van der Waals surface area contributed by atoms with Crippen molar-refractivity contribution in [3.05, 3.63) is 23.8 Å². The fourth-order valence-electron chi connectivity index (χ4n) is 1.96. The van der Waals surface area contributed by atoms with Crippen LogP contribution in [0.3, 0.4) is 0 Å².